The van der Waals surface area contributed by atoms with E-state index in [2.05, 4.69) is 10.6 Å². The van der Waals surface area contributed by atoms with E-state index in [1.807, 2.05) is 26.8 Å². The Morgan fingerprint density at radius 3 is 2.60 bits per heavy atom. The fourth-order valence-corrected chi connectivity index (χ4v) is 3.99. The number of carbonyl (C=O) groups excluding carboxylic acids is 4. The topological polar surface area (TPSA) is 108 Å². The molecule has 4 rings (SSSR count). The average molecular weight is 414 g/mol. The van der Waals surface area contributed by atoms with Crippen molar-refractivity contribution < 1.29 is 23.9 Å². The SMILES string of the molecule is CC(C)(C)OC(=O)N1CC(Nc2cccc3c2CN(C2CCC(=O)NC2=O)C3=O)C1. The first-order valence-corrected chi connectivity index (χ1v) is 10.1. The molecule has 1 aromatic carbocycles. The Bertz CT molecular complexity index is 916. The quantitative estimate of drug-likeness (QED) is 0.726. The van der Waals surface area contributed by atoms with E-state index in [1.165, 1.54) is 4.90 Å². The Labute approximate surface area is 174 Å². The Morgan fingerprint density at radius 2 is 1.93 bits per heavy atom. The first kappa shape index (κ1) is 20.2. The molecule has 2 N–H and O–H groups in total. The van der Waals surface area contributed by atoms with Crippen LogP contribution in [-0.2, 0) is 20.9 Å². The molecule has 0 aromatic heterocycles. The summed E-state index contributed by atoms with van der Waals surface area (Å²) >= 11 is 0. The minimum atomic E-state index is -0.637. The molecule has 0 spiro atoms. The Morgan fingerprint density at radius 1 is 1.20 bits per heavy atom. The molecule has 3 heterocycles. The van der Waals surface area contributed by atoms with Crippen LogP contribution in [-0.4, -0.2) is 64.4 Å². The molecule has 1 atom stereocenters. The number of ether oxygens (including phenoxy) is 1. The first-order chi connectivity index (χ1) is 14.1. The second kappa shape index (κ2) is 7.30. The molecule has 9 nitrogen and oxygen atoms in total. The van der Waals surface area contributed by atoms with Crippen molar-refractivity contribution in [2.24, 2.45) is 0 Å². The molecule has 0 saturated carbocycles. The number of hydrogen-bond donors (Lipinski definition) is 2. The number of imide groups is 1. The van der Waals surface area contributed by atoms with Gasteiger partial charge in [-0.15, -0.1) is 0 Å². The zero-order valence-electron chi connectivity index (χ0n) is 17.4. The summed E-state index contributed by atoms with van der Waals surface area (Å²) in [7, 11) is 0. The summed E-state index contributed by atoms with van der Waals surface area (Å²) in [5, 5.41) is 5.72. The van der Waals surface area contributed by atoms with Gasteiger partial charge in [-0.2, -0.15) is 0 Å². The van der Waals surface area contributed by atoms with Crippen LogP contribution in [0.25, 0.3) is 0 Å². The molecule has 2 fully saturated rings. The molecular weight excluding hydrogens is 388 g/mol. The van der Waals surface area contributed by atoms with E-state index in [4.69, 9.17) is 4.74 Å². The van der Waals surface area contributed by atoms with Crippen LogP contribution in [0, 0.1) is 0 Å². The second-order valence-electron chi connectivity index (χ2n) is 8.96. The summed E-state index contributed by atoms with van der Waals surface area (Å²) in [5.74, 6) is -0.927. The van der Waals surface area contributed by atoms with Crippen LogP contribution in [0.5, 0.6) is 0 Å². The van der Waals surface area contributed by atoms with E-state index in [0.29, 0.717) is 31.6 Å². The van der Waals surface area contributed by atoms with Crippen molar-refractivity contribution in [2.45, 2.75) is 57.8 Å². The maximum atomic E-state index is 12.9. The minimum Gasteiger partial charge on any atom is -0.444 e. The van der Waals surface area contributed by atoms with Gasteiger partial charge >= 0.3 is 6.09 Å². The third-order valence-electron chi connectivity index (χ3n) is 5.47. The minimum absolute atomic E-state index is 0.0590. The van der Waals surface area contributed by atoms with Crippen LogP contribution in [0.1, 0.15) is 49.5 Å². The van der Waals surface area contributed by atoms with Crippen molar-refractivity contribution in [1.29, 1.82) is 0 Å². The number of amides is 4. The zero-order valence-corrected chi connectivity index (χ0v) is 17.4. The Kier molecular flexibility index (Phi) is 4.91. The molecule has 1 aromatic rings. The van der Waals surface area contributed by atoms with Crippen LogP contribution in [0.15, 0.2) is 18.2 Å². The number of nitrogens with one attached hydrogen (secondary N) is 2. The van der Waals surface area contributed by atoms with Gasteiger partial charge in [0, 0.05) is 42.9 Å². The fourth-order valence-electron chi connectivity index (χ4n) is 3.99. The molecule has 3 aliphatic heterocycles. The third-order valence-corrected chi connectivity index (χ3v) is 5.47. The highest BCUT2D eigenvalue weighted by molar-refractivity contribution is 6.06. The van der Waals surface area contributed by atoms with Crippen molar-refractivity contribution in [2.75, 3.05) is 18.4 Å². The standard InChI is InChI=1S/C21H26N4O5/c1-21(2,3)30-20(29)24-9-12(10-24)22-15-6-4-5-13-14(15)11-25(19(13)28)16-7-8-17(26)23-18(16)27/h4-6,12,16,22H,7-11H2,1-3H3,(H,23,26,27). The maximum Gasteiger partial charge on any atom is 0.410 e. The zero-order chi connectivity index (χ0) is 21.6. The van der Waals surface area contributed by atoms with Crippen molar-refractivity contribution in [1.82, 2.24) is 15.1 Å². The van der Waals surface area contributed by atoms with Gasteiger partial charge in [0.15, 0.2) is 0 Å². The molecule has 3 aliphatic rings. The lowest BCUT2D eigenvalue weighted by molar-refractivity contribution is -0.136. The third kappa shape index (κ3) is 3.83. The van der Waals surface area contributed by atoms with Crippen molar-refractivity contribution in [3.8, 4) is 0 Å². The second-order valence-corrected chi connectivity index (χ2v) is 8.96. The monoisotopic (exact) mass is 414 g/mol. The highest BCUT2D eigenvalue weighted by atomic mass is 16.6. The number of nitrogens with zero attached hydrogens (tertiary/aromatic N) is 2. The number of hydrogen-bond acceptors (Lipinski definition) is 6. The molecule has 4 amide bonds. The molecule has 160 valence electrons. The predicted octanol–water partition coefficient (Wildman–Crippen LogP) is 1.48. The molecule has 9 heteroatoms. The number of likely N-dealkylation sites (tertiary alicyclic amines) is 1. The van der Waals surface area contributed by atoms with E-state index in [9.17, 15) is 19.2 Å². The van der Waals surface area contributed by atoms with E-state index in [1.54, 1.807) is 17.0 Å². The van der Waals surface area contributed by atoms with E-state index >= 15 is 0 Å². The fraction of sp³-hybridized carbons (Fsp3) is 0.524. The van der Waals surface area contributed by atoms with Crippen LogP contribution in [0.2, 0.25) is 0 Å². The van der Waals surface area contributed by atoms with Gasteiger partial charge in [0.05, 0.1) is 6.04 Å². The Balaban J connectivity index is 1.41. The molecule has 30 heavy (non-hydrogen) atoms. The van der Waals surface area contributed by atoms with Crippen molar-refractivity contribution >= 4 is 29.5 Å². The van der Waals surface area contributed by atoms with Gasteiger partial charge in [-0.25, -0.2) is 4.79 Å². The van der Waals surface area contributed by atoms with Gasteiger partial charge < -0.3 is 19.9 Å². The highest BCUT2D eigenvalue weighted by Crippen LogP contribution is 2.33. The summed E-state index contributed by atoms with van der Waals surface area (Å²) in [6, 6.07) is 4.88. The Hall–Kier alpha value is -3.10. The van der Waals surface area contributed by atoms with Gasteiger partial charge in [-0.3, -0.25) is 19.7 Å². The number of piperidine rings is 1. The number of benzene rings is 1. The van der Waals surface area contributed by atoms with Gasteiger partial charge in [0.1, 0.15) is 11.6 Å². The first-order valence-electron chi connectivity index (χ1n) is 10.1. The van der Waals surface area contributed by atoms with Gasteiger partial charge in [-0.05, 0) is 39.3 Å². The van der Waals surface area contributed by atoms with Gasteiger partial charge in [0.2, 0.25) is 11.8 Å². The molecule has 0 aliphatic carbocycles. The normalized spacial score (nSPS) is 21.8. The number of carbonyl (C=O) groups is 4. The molecule has 0 bridgehead atoms. The van der Waals surface area contributed by atoms with E-state index in [0.717, 1.165) is 11.3 Å². The van der Waals surface area contributed by atoms with Crippen LogP contribution in [0.4, 0.5) is 10.5 Å². The summed E-state index contributed by atoms with van der Waals surface area (Å²) in [5.41, 5.74) is 1.69. The molecule has 0 radical (unpaired) electrons. The summed E-state index contributed by atoms with van der Waals surface area (Å²) < 4.78 is 5.37. The molecule has 2 saturated heterocycles. The van der Waals surface area contributed by atoms with Crippen LogP contribution >= 0.6 is 0 Å². The number of fused-ring (bicyclic) bond motifs is 1. The van der Waals surface area contributed by atoms with Crippen LogP contribution < -0.4 is 10.6 Å². The maximum absolute atomic E-state index is 12.9. The lowest BCUT2D eigenvalue weighted by Gasteiger charge is -2.40. The smallest absolute Gasteiger partial charge is 0.410 e. The molecular formula is C21H26N4O5. The van der Waals surface area contributed by atoms with E-state index < -0.39 is 17.6 Å². The van der Waals surface area contributed by atoms with Gasteiger partial charge in [0.25, 0.3) is 5.91 Å². The largest absolute Gasteiger partial charge is 0.444 e. The average Bonchev–Trinajstić information content (AvgIpc) is 2.94. The lowest BCUT2D eigenvalue weighted by atomic mass is 10.0. The van der Waals surface area contributed by atoms with Gasteiger partial charge in [-0.1, -0.05) is 6.07 Å². The summed E-state index contributed by atoms with van der Waals surface area (Å²) in [4.78, 5) is 51.8. The summed E-state index contributed by atoms with van der Waals surface area (Å²) in [6.45, 7) is 6.84. The van der Waals surface area contributed by atoms with E-state index in [-0.39, 0.29) is 30.4 Å². The lowest BCUT2D eigenvalue weighted by Crippen LogP contribution is -2.58. The number of rotatable bonds is 3. The van der Waals surface area contributed by atoms with Crippen molar-refractivity contribution in [3.63, 3.8) is 0 Å². The molecule has 1 unspecified atom stereocenters. The van der Waals surface area contributed by atoms with Crippen LogP contribution in [0.3, 0.4) is 0 Å². The summed E-state index contributed by atoms with van der Waals surface area (Å²) in [6.07, 6.45) is 0.225. The highest BCUT2D eigenvalue weighted by Gasteiger charge is 2.40. The predicted molar refractivity (Wildman–Crippen MR) is 108 cm³/mol. The number of anilines is 1. The van der Waals surface area contributed by atoms with Crippen molar-refractivity contribution in [3.05, 3.63) is 29.3 Å².